The highest BCUT2D eigenvalue weighted by Crippen LogP contribution is 2.50. The van der Waals surface area contributed by atoms with Crippen LogP contribution in [0.5, 0.6) is 11.5 Å². The van der Waals surface area contributed by atoms with Crippen molar-refractivity contribution >= 4 is 44.8 Å². The van der Waals surface area contributed by atoms with E-state index < -0.39 is 6.23 Å². The molecule has 2 atom stereocenters. The second kappa shape index (κ2) is 8.38. The van der Waals surface area contributed by atoms with Gasteiger partial charge in [0, 0.05) is 27.0 Å². The zero-order valence-corrected chi connectivity index (χ0v) is 19.8. The number of ether oxygens (including phenoxy) is 2. The molecular weight excluding hydrogens is 499 g/mol. The van der Waals surface area contributed by atoms with E-state index in [1.54, 1.807) is 6.07 Å². The number of hydrogen-bond donors (Lipinski definition) is 0. The van der Waals surface area contributed by atoms with Gasteiger partial charge in [0.2, 0.25) is 6.23 Å². The zero-order chi connectivity index (χ0) is 21.5. The van der Waals surface area contributed by atoms with E-state index in [0.717, 1.165) is 39.0 Å². The van der Waals surface area contributed by atoms with E-state index in [4.69, 9.17) is 37.8 Å². The molecule has 0 bridgehead atoms. The minimum Gasteiger partial charge on any atom is -0.494 e. The smallest absolute Gasteiger partial charge is 0.213 e. The molecule has 0 saturated carbocycles. The first-order chi connectivity index (χ1) is 15.0. The first kappa shape index (κ1) is 20.7. The van der Waals surface area contributed by atoms with Gasteiger partial charge in [-0.2, -0.15) is 5.10 Å². The highest BCUT2D eigenvalue weighted by Gasteiger charge is 2.42. The van der Waals surface area contributed by atoms with Crippen molar-refractivity contribution in [1.29, 1.82) is 0 Å². The van der Waals surface area contributed by atoms with Gasteiger partial charge in [0.15, 0.2) is 0 Å². The van der Waals surface area contributed by atoms with Crippen LogP contribution < -0.4 is 9.47 Å². The van der Waals surface area contributed by atoms with Gasteiger partial charge < -0.3 is 9.47 Å². The summed E-state index contributed by atoms with van der Waals surface area (Å²) in [6.07, 6.45) is 0.335. The Kier molecular flexibility index (Phi) is 5.59. The fourth-order valence-electron chi connectivity index (χ4n) is 4.05. The minimum atomic E-state index is -0.403. The molecule has 0 radical (unpaired) electrons. The van der Waals surface area contributed by atoms with Crippen LogP contribution in [0.1, 0.15) is 42.3 Å². The molecule has 0 aromatic heterocycles. The van der Waals surface area contributed by atoms with Crippen LogP contribution in [0.25, 0.3) is 0 Å². The van der Waals surface area contributed by atoms with Crippen molar-refractivity contribution in [2.24, 2.45) is 5.10 Å². The van der Waals surface area contributed by atoms with Crippen molar-refractivity contribution in [1.82, 2.24) is 5.01 Å². The Bertz CT molecular complexity index is 1150. The molecule has 2 heterocycles. The number of fused-ring (bicyclic) bond motifs is 3. The SMILES string of the molecule is CCOc1ccc([C@@H]2Oc3c(Cl)cc(Cl)cc3[C@@H]3CC(c4ccc(Br)cc4)=NN32)cc1. The molecule has 2 aliphatic heterocycles. The van der Waals surface area contributed by atoms with Gasteiger partial charge in [0.25, 0.3) is 0 Å². The lowest BCUT2D eigenvalue weighted by atomic mass is 9.96. The summed E-state index contributed by atoms with van der Waals surface area (Å²) in [5.74, 6) is 1.49. The first-order valence-corrected chi connectivity index (χ1v) is 11.6. The molecule has 5 rings (SSSR count). The predicted octanol–water partition coefficient (Wildman–Crippen LogP) is 7.40. The third-order valence-corrected chi connectivity index (χ3v) is 6.49. The molecule has 0 amide bonds. The number of nitrogens with zero attached hydrogens (tertiary/aromatic N) is 2. The summed E-state index contributed by atoms with van der Waals surface area (Å²) in [6, 6.07) is 19.7. The molecule has 0 N–H and O–H groups in total. The van der Waals surface area contributed by atoms with E-state index in [-0.39, 0.29) is 6.04 Å². The Morgan fingerprint density at radius 1 is 1.10 bits per heavy atom. The van der Waals surface area contributed by atoms with Gasteiger partial charge in [-0.25, -0.2) is 5.01 Å². The predicted molar refractivity (Wildman–Crippen MR) is 127 cm³/mol. The van der Waals surface area contributed by atoms with E-state index >= 15 is 0 Å². The summed E-state index contributed by atoms with van der Waals surface area (Å²) in [7, 11) is 0. The van der Waals surface area contributed by atoms with Gasteiger partial charge in [-0.1, -0.05) is 51.3 Å². The molecule has 0 saturated heterocycles. The number of rotatable bonds is 4. The van der Waals surface area contributed by atoms with Crippen molar-refractivity contribution in [2.75, 3.05) is 6.61 Å². The number of hydrazone groups is 1. The highest BCUT2D eigenvalue weighted by atomic mass is 79.9. The third kappa shape index (κ3) is 3.91. The molecule has 3 aromatic rings. The Hall–Kier alpha value is -2.21. The maximum atomic E-state index is 6.54. The molecule has 7 heteroatoms. The average Bonchev–Trinajstić information content (AvgIpc) is 3.20. The molecule has 158 valence electrons. The number of halogens is 3. The summed E-state index contributed by atoms with van der Waals surface area (Å²) in [6.45, 7) is 2.59. The average molecular weight is 518 g/mol. The second-order valence-corrected chi connectivity index (χ2v) is 9.19. The second-order valence-electron chi connectivity index (χ2n) is 7.43. The van der Waals surface area contributed by atoms with Crippen molar-refractivity contribution < 1.29 is 9.47 Å². The summed E-state index contributed by atoms with van der Waals surface area (Å²) in [5, 5.41) is 8.09. The van der Waals surface area contributed by atoms with Crippen molar-refractivity contribution in [2.45, 2.75) is 25.6 Å². The Balaban J connectivity index is 1.58. The molecule has 0 fully saturated rings. The monoisotopic (exact) mass is 516 g/mol. The van der Waals surface area contributed by atoms with E-state index in [1.165, 1.54) is 0 Å². The Morgan fingerprint density at radius 3 is 2.55 bits per heavy atom. The minimum absolute atomic E-state index is 0.0184. The normalized spacial score (nSPS) is 19.4. The van der Waals surface area contributed by atoms with Crippen molar-refractivity contribution in [3.05, 3.63) is 91.9 Å². The van der Waals surface area contributed by atoms with Crippen LogP contribution >= 0.6 is 39.1 Å². The number of benzene rings is 3. The van der Waals surface area contributed by atoms with Crippen molar-refractivity contribution in [3.8, 4) is 11.5 Å². The topological polar surface area (TPSA) is 34.1 Å². The van der Waals surface area contributed by atoms with Crippen LogP contribution in [-0.2, 0) is 0 Å². The molecule has 0 spiro atoms. The Labute approximate surface area is 199 Å². The molecule has 0 aliphatic carbocycles. The molecule has 0 unspecified atom stereocenters. The lowest BCUT2D eigenvalue weighted by molar-refractivity contribution is -0.0189. The van der Waals surface area contributed by atoms with Crippen LogP contribution in [0.4, 0.5) is 0 Å². The van der Waals surface area contributed by atoms with Gasteiger partial charge in [-0.15, -0.1) is 0 Å². The fourth-order valence-corrected chi connectivity index (χ4v) is 4.86. The molecular formula is C24H19BrCl2N2O2. The third-order valence-electron chi connectivity index (χ3n) is 5.46. The van der Waals surface area contributed by atoms with Crippen LogP contribution in [0.15, 0.2) is 70.2 Å². The maximum Gasteiger partial charge on any atom is 0.213 e. The lowest BCUT2D eigenvalue weighted by Gasteiger charge is -2.38. The van der Waals surface area contributed by atoms with Gasteiger partial charge in [0.05, 0.1) is 23.4 Å². The van der Waals surface area contributed by atoms with Gasteiger partial charge in [-0.3, -0.25) is 0 Å². The van der Waals surface area contributed by atoms with E-state index in [2.05, 4.69) is 28.1 Å². The lowest BCUT2D eigenvalue weighted by Crippen LogP contribution is -2.33. The van der Waals surface area contributed by atoms with Gasteiger partial charge >= 0.3 is 0 Å². The summed E-state index contributed by atoms with van der Waals surface area (Å²) < 4.78 is 13.0. The largest absolute Gasteiger partial charge is 0.494 e. The first-order valence-electron chi connectivity index (χ1n) is 10.0. The van der Waals surface area contributed by atoms with Crippen molar-refractivity contribution in [3.63, 3.8) is 0 Å². The highest BCUT2D eigenvalue weighted by molar-refractivity contribution is 9.10. The summed E-state index contributed by atoms with van der Waals surface area (Å²) >= 11 is 16.4. The summed E-state index contributed by atoms with van der Waals surface area (Å²) in [5.41, 5.74) is 4.01. The quantitative estimate of drug-likeness (QED) is 0.361. The Morgan fingerprint density at radius 2 is 1.84 bits per heavy atom. The van der Waals surface area contributed by atoms with E-state index in [1.807, 2.05) is 54.4 Å². The van der Waals surface area contributed by atoms with E-state index in [0.29, 0.717) is 22.4 Å². The van der Waals surface area contributed by atoms with Crippen LogP contribution in [-0.4, -0.2) is 17.3 Å². The van der Waals surface area contributed by atoms with Crippen LogP contribution in [0.2, 0.25) is 10.0 Å². The fraction of sp³-hybridized carbons (Fsp3) is 0.208. The summed E-state index contributed by atoms with van der Waals surface area (Å²) in [4.78, 5) is 0. The van der Waals surface area contributed by atoms with Crippen LogP contribution in [0, 0.1) is 0 Å². The molecule has 2 aliphatic rings. The van der Waals surface area contributed by atoms with Gasteiger partial charge in [0.1, 0.15) is 11.5 Å². The molecule has 31 heavy (non-hydrogen) atoms. The van der Waals surface area contributed by atoms with Gasteiger partial charge in [-0.05, 0) is 61.0 Å². The van der Waals surface area contributed by atoms with Crippen LogP contribution in [0.3, 0.4) is 0 Å². The van der Waals surface area contributed by atoms with E-state index in [9.17, 15) is 0 Å². The zero-order valence-electron chi connectivity index (χ0n) is 16.7. The number of hydrogen-bond acceptors (Lipinski definition) is 4. The molecule has 3 aromatic carbocycles. The maximum absolute atomic E-state index is 6.54. The molecule has 4 nitrogen and oxygen atoms in total. The standard InChI is InChI=1S/C24H19BrCl2N2O2/c1-2-30-18-9-5-15(6-10-18)24-29-22(19-11-17(26)12-20(27)23(19)31-24)13-21(28-29)14-3-7-16(25)8-4-14/h3-12,22,24H,2,13H2,1H3/t22-,24-/m0/s1.